The minimum atomic E-state index is -0.463. The quantitative estimate of drug-likeness (QED) is 0.358. The molecule has 13 heavy (non-hydrogen) atoms. The topological polar surface area (TPSA) is 43.4 Å². The van der Waals surface area contributed by atoms with Crippen molar-refractivity contribution in [2.45, 2.75) is 26.2 Å². The zero-order valence-electron chi connectivity index (χ0n) is 8.21. The highest BCUT2D eigenvalue weighted by Crippen LogP contribution is 2.09. The molecule has 0 spiro atoms. The van der Waals surface area contributed by atoms with E-state index < -0.39 is 5.97 Å². The molecule has 0 bridgehead atoms. The first-order chi connectivity index (χ1) is 6.11. The van der Waals surface area contributed by atoms with Crippen molar-refractivity contribution < 1.29 is 14.3 Å². The molecule has 0 aliphatic rings. The van der Waals surface area contributed by atoms with Crippen molar-refractivity contribution in [1.29, 1.82) is 0 Å². The second-order valence-electron chi connectivity index (χ2n) is 2.99. The molecule has 3 nitrogen and oxygen atoms in total. The fraction of sp³-hybridized carbons (Fsp3) is 0.600. The molecule has 0 aliphatic heterocycles. The SMILES string of the molecule is C=CCCC(C)C(=O)CC(=O)OC. The molecule has 0 rings (SSSR count). The Morgan fingerprint density at radius 1 is 1.54 bits per heavy atom. The van der Waals surface area contributed by atoms with E-state index in [1.165, 1.54) is 7.11 Å². The van der Waals surface area contributed by atoms with E-state index in [0.717, 1.165) is 12.8 Å². The van der Waals surface area contributed by atoms with Gasteiger partial charge in [-0.05, 0) is 12.8 Å². The fourth-order valence-electron chi connectivity index (χ4n) is 0.917. The van der Waals surface area contributed by atoms with Gasteiger partial charge < -0.3 is 4.74 Å². The summed E-state index contributed by atoms with van der Waals surface area (Å²) in [7, 11) is 1.28. The van der Waals surface area contributed by atoms with Crippen LogP contribution in [0.25, 0.3) is 0 Å². The van der Waals surface area contributed by atoms with Crippen molar-refractivity contribution in [2.75, 3.05) is 7.11 Å². The van der Waals surface area contributed by atoms with E-state index in [9.17, 15) is 9.59 Å². The predicted octanol–water partition coefficient (Wildman–Crippen LogP) is 1.72. The van der Waals surface area contributed by atoms with Gasteiger partial charge in [0.2, 0.25) is 0 Å². The third-order valence-corrected chi connectivity index (χ3v) is 1.90. The summed E-state index contributed by atoms with van der Waals surface area (Å²) < 4.78 is 4.40. The third kappa shape index (κ3) is 5.17. The molecule has 74 valence electrons. The second-order valence-corrected chi connectivity index (χ2v) is 2.99. The standard InChI is InChI=1S/C10H16O3/c1-4-5-6-8(2)9(11)7-10(12)13-3/h4,8H,1,5-7H2,2-3H3. The third-order valence-electron chi connectivity index (χ3n) is 1.90. The van der Waals surface area contributed by atoms with Crippen molar-refractivity contribution in [3.05, 3.63) is 12.7 Å². The van der Waals surface area contributed by atoms with Crippen LogP contribution in [0.15, 0.2) is 12.7 Å². The Bertz CT molecular complexity index is 196. The summed E-state index contributed by atoms with van der Waals surface area (Å²) in [6.07, 6.45) is 3.20. The molecule has 0 aromatic heterocycles. The van der Waals surface area contributed by atoms with Crippen LogP contribution in [0, 0.1) is 5.92 Å². The summed E-state index contributed by atoms with van der Waals surface area (Å²) in [5.41, 5.74) is 0. The van der Waals surface area contributed by atoms with Gasteiger partial charge in [0.15, 0.2) is 0 Å². The van der Waals surface area contributed by atoms with E-state index in [1.807, 2.05) is 6.92 Å². The number of allylic oxidation sites excluding steroid dienone is 1. The molecule has 0 saturated carbocycles. The first-order valence-corrected chi connectivity index (χ1v) is 4.32. The van der Waals surface area contributed by atoms with Crippen LogP contribution in [0.1, 0.15) is 26.2 Å². The number of rotatable bonds is 6. The summed E-state index contributed by atoms with van der Waals surface area (Å²) in [6, 6.07) is 0. The molecule has 0 heterocycles. The summed E-state index contributed by atoms with van der Waals surface area (Å²) in [5, 5.41) is 0. The Kier molecular flexibility index (Phi) is 5.85. The lowest BCUT2D eigenvalue weighted by atomic mass is 9.98. The fourth-order valence-corrected chi connectivity index (χ4v) is 0.917. The Hall–Kier alpha value is -1.12. The number of carbonyl (C=O) groups is 2. The minimum Gasteiger partial charge on any atom is -0.469 e. The van der Waals surface area contributed by atoms with E-state index in [1.54, 1.807) is 6.08 Å². The van der Waals surface area contributed by atoms with Crippen LogP contribution in [0.4, 0.5) is 0 Å². The first-order valence-electron chi connectivity index (χ1n) is 4.32. The molecule has 0 aromatic rings. The Balaban J connectivity index is 3.81. The molecule has 3 heteroatoms. The van der Waals surface area contributed by atoms with Gasteiger partial charge in [-0.1, -0.05) is 13.0 Å². The Morgan fingerprint density at radius 3 is 2.62 bits per heavy atom. The summed E-state index contributed by atoms with van der Waals surface area (Å²) in [4.78, 5) is 22.0. The van der Waals surface area contributed by atoms with Crippen molar-refractivity contribution in [2.24, 2.45) is 5.92 Å². The number of ether oxygens (including phenoxy) is 1. The Morgan fingerprint density at radius 2 is 2.15 bits per heavy atom. The average molecular weight is 184 g/mol. The first kappa shape index (κ1) is 11.9. The highest BCUT2D eigenvalue weighted by molar-refractivity contribution is 5.96. The van der Waals surface area contributed by atoms with Crippen LogP contribution in [-0.2, 0) is 14.3 Å². The molecular weight excluding hydrogens is 168 g/mol. The van der Waals surface area contributed by atoms with Crippen LogP contribution in [0.5, 0.6) is 0 Å². The number of carbonyl (C=O) groups excluding carboxylic acids is 2. The van der Waals surface area contributed by atoms with Gasteiger partial charge in [0, 0.05) is 5.92 Å². The smallest absolute Gasteiger partial charge is 0.313 e. The number of Topliss-reactive ketones (excluding diaryl/α,β-unsaturated/α-hetero) is 1. The van der Waals surface area contributed by atoms with Gasteiger partial charge in [0.1, 0.15) is 12.2 Å². The van der Waals surface area contributed by atoms with Crippen molar-refractivity contribution in [1.82, 2.24) is 0 Å². The monoisotopic (exact) mass is 184 g/mol. The molecule has 1 atom stereocenters. The van der Waals surface area contributed by atoms with Crippen LogP contribution in [-0.4, -0.2) is 18.9 Å². The maximum absolute atomic E-state index is 11.3. The largest absolute Gasteiger partial charge is 0.469 e. The number of ketones is 1. The van der Waals surface area contributed by atoms with Crippen LogP contribution >= 0.6 is 0 Å². The number of hydrogen-bond acceptors (Lipinski definition) is 3. The van der Waals surface area contributed by atoms with E-state index in [-0.39, 0.29) is 18.1 Å². The van der Waals surface area contributed by atoms with Gasteiger partial charge in [-0.2, -0.15) is 0 Å². The van der Waals surface area contributed by atoms with Gasteiger partial charge in [0.25, 0.3) is 0 Å². The molecule has 0 aromatic carbocycles. The average Bonchev–Trinajstić information content (AvgIpc) is 2.13. The van der Waals surface area contributed by atoms with Gasteiger partial charge in [0.05, 0.1) is 7.11 Å². The van der Waals surface area contributed by atoms with Crippen molar-refractivity contribution in [3.63, 3.8) is 0 Å². The normalized spacial score (nSPS) is 11.8. The Labute approximate surface area is 78.8 Å². The maximum atomic E-state index is 11.3. The maximum Gasteiger partial charge on any atom is 0.313 e. The van der Waals surface area contributed by atoms with Gasteiger partial charge >= 0.3 is 5.97 Å². The molecule has 0 fully saturated rings. The zero-order chi connectivity index (χ0) is 10.3. The summed E-state index contributed by atoms with van der Waals surface area (Å²) in [6.45, 7) is 5.38. The zero-order valence-corrected chi connectivity index (χ0v) is 8.21. The molecule has 0 radical (unpaired) electrons. The molecule has 0 N–H and O–H groups in total. The predicted molar refractivity (Wildman–Crippen MR) is 50.2 cm³/mol. The number of methoxy groups -OCH3 is 1. The van der Waals surface area contributed by atoms with Gasteiger partial charge in [-0.25, -0.2) is 0 Å². The van der Waals surface area contributed by atoms with Crippen molar-refractivity contribution >= 4 is 11.8 Å². The summed E-state index contributed by atoms with van der Waals surface area (Å²) >= 11 is 0. The minimum absolute atomic E-state index is 0.0614. The molecule has 0 amide bonds. The van der Waals surface area contributed by atoms with E-state index in [4.69, 9.17) is 0 Å². The van der Waals surface area contributed by atoms with E-state index in [0.29, 0.717) is 0 Å². The van der Waals surface area contributed by atoms with Crippen LogP contribution in [0.3, 0.4) is 0 Å². The molecule has 0 aliphatic carbocycles. The van der Waals surface area contributed by atoms with E-state index >= 15 is 0 Å². The molecule has 1 unspecified atom stereocenters. The number of hydrogen-bond donors (Lipinski definition) is 0. The van der Waals surface area contributed by atoms with Crippen molar-refractivity contribution in [3.8, 4) is 0 Å². The highest BCUT2D eigenvalue weighted by atomic mass is 16.5. The lowest BCUT2D eigenvalue weighted by molar-refractivity contribution is -0.144. The molecule has 0 saturated heterocycles. The highest BCUT2D eigenvalue weighted by Gasteiger charge is 2.15. The second kappa shape index (κ2) is 6.40. The summed E-state index contributed by atoms with van der Waals surface area (Å²) in [5.74, 6) is -0.610. The lowest BCUT2D eigenvalue weighted by Crippen LogP contribution is -2.16. The van der Waals surface area contributed by atoms with Crippen LogP contribution in [0.2, 0.25) is 0 Å². The molecular formula is C10H16O3. The van der Waals surface area contributed by atoms with Gasteiger partial charge in [-0.15, -0.1) is 6.58 Å². The van der Waals surface area contributed by atoms with E-state index in [2.05, 4.69) is 11.3 Å². The van der Waals surface area contributed by atoms with Gasteiger partial charge in [-0.3, -0.25) is 9.59 Å². The number of esters is 1. The lowest BCUT2D eigenvalue weighted by Gasteiger charge is -2.07. The van der Waals surface area contributed by atoms with Crippen LogP contribution < -0.4 is 0 Å².